The lowest BCUT2D eigenvalue weighted by Gasteiger charge is -2.26. The Morgan fingerprint density at radius 1 is 0.846 bits per heavy atom. The van der Waals surface area contributed by atoms with Crippen molar-refractivity contribution in [1.82, 2.24) is 0 Å². The number of carbonyl (C=O) groups excluding carboxylic acids is 3. The fraction of sp³-hybridized carbons (Fsp3) is 0.842. The van der Waals surface area contributed by atoms with Crippen molar-refractivity contribution in [3.63, 3.8) is 0 Å². The van der Waals surface area contributed by atoms with Crippen molar-refractivity contribution >= 4 is 17.9 Å². The van der Waals surface area contributed by atoms with Gasteiger partial charge in [0.2, 0.25) is 0 Å². The molecule has 0 bridgehead atoms. The summed E-state index contributed by atoms with van der Waals surface area (Å²) in [5, 5.41) is 0. The topological polar surface area (TPSA) is 88.1 Å². The van der Waals surface area contributed by atoms with Crippen molar-refractivity contribution in [2.24, 2.45) is 5.92 Å². The Hall–Kier alpha value is -1.63. The fourth-order valence-electron chi connectivity index (χ4n) is 1.99. The lowest BCUT2D eigenvalue weighted by molar-refractivity contribution is -0.174. The summed E-state index contributed by atoms with van der Waals surface area (Å²) >= 11 is 0. The molecule has 0 aromatic heterocycles. The van der Waals surface area contributed by atoms with Gasteiger partial charge in [0, 0.05) is 6.61 Å². The van der Waals surface area contributed by atoms with E-state index in [1.807, 2.05) is 0 Å². The number of hydrogen-bond acceptors (Lipinski definition) is 7. The molecule has 0 aliphatic heterocycles. The molecule has 0 atom stereocenters. The molecule has 0 fully saturated rings. The molecule has 0 amide bonds. The monoisotopic (exact) mass is 374 g/mol. The lowest BCUT2D eigenvalue weighted by atomic mass is 10.0. The van der Waals surface area contributed by atoms with Crippen LogP contribution in [0.25, 0.3) is 0 Å². The predicted octanol–water partition coefficient (Wildman–Crippen LogP) is 3.04. The van der Waals surface area contributed by atoms with Gasteiger partial charge in [-0.05, 0) is 67.7 Å². The highest BCUT2D eigenvalue weighted by Crippen LogP contribution is 2.20. The second kappa shape index (κ2) is 11.2. The molecule has 0 N–H and O–H groups in total. The van der Waals surface area contributed by atoms with Gasteiger partial charge in [0.1, 0.15) is 17.8 Å². The first kappa shape index (κ1) is 24.4. The van der Waals surface area contributed by atoms with Gasteiger partial charge in [-0.1, -0.05) is 0 Å². The summed E-state index contributed by atoms with van der Waals surface area (Å²) in [6, 6.07) is 0. The van der Waals surface area contributed by atoms with E-state index >= 15 is 0 Å². The maximum atomic E-state index is 12.4. The van der Waals surface area contributed by atoms with Gasteiger partial charge in [0.25, 0.3) is 0 Å². The van der Waals surface area contributed by atoms with Crippen LogP contribution in [-0.4, -0.2) is 48.9 Å². The van der Waals surface area contributed by atoms with E-state index in [-0.39, 0.29) is 6.61 Å². The van der Waals surface area contributed by atoms with Gasteiger partial charge in [-0.25, -0.2) is 4.79 Å². The molecule has 0 aromatic rings. The molecule has 0 radical (unpaired) electrons. The minimum atomic E-state index is -0.974. The molecule has 0 aliphatic carbocycles. The Balaban J connectivity index is 4.51. The second-order valence-electron chi connectivity index (χ2n) is 7.97. The van der Waals surface area contributed by atoms with Gasteiger partial charge < -0.3 is 18.9 Å². The van der Waals surface area contributed by atoms with Gasteiger partial charge in [0.15, 0.2) is 5.92 Å². The van der Waals surface area contributed by atoms with Gasteiger partial charge >= 0.3 is 17.9 Å². The third-order valence-corrected chi connectivity index (χ3v) is 2.94. The van der Waals surface area contributed by atoms with Crippen LogP contribution in [0, 0.1) is 5.92 Å². The Morgan fingerprint density at radius 2 is 1.35 bits per heavy atom. The van der Waals surface area contributed by atoms with E-state index in [1.165, 1.54) is 0 Å². The summed E-state index contributed by atoms with van der Waals surface area (Å²) in [5.74, 6) is -2.55. The highest BCUT2D eigenvalue weighted by atomic mass is 16.6. The largest absolute Gasteiger partial charge is 0.464 e. The number of rotatable bonds is 10. The van der Waals surface area contributed by atoms with E-state index in [9.17, 15) is 14.4 Å². The molecule has 152 valence electrons. The molecule has 0 unspecified atom stereocenters. The van der Waals surface area contributed by atoms with Crippen LogP contribution in [-0.2, 0) is 33.3 Å². The maximum absolute atomic E-state index is 12.4. The van der Waals surface area contributed by atoms with Crippen LogP contribution in [0.5, 0.6) is 0 Å². The van der Waals surface area contributed by atoms with Crippen LogP contribution in [0.1, 0.15) is 67.7 Å². The number of ether oxygens (including phenoxy) is 4. The lowest BCUT2D eigenvalue weighted by Crippen LogP contribution is -2.37. The molecular formula is C19H34O7. The zero-order chi connectivity index (χ0) is 20.4. The van der Waals surface area contributed by atoms with Gasteiger partial charge in [-0.3, -0.25) is 9.59 Å². The molecule has 0 spiro atoms. The quantitative estimate of drug-likeness (QED) is 0.251. The van der Waals surface area contributed by atoms with Crippen molar-refractivity contribution in [3.05, 3.63) is 0 Å². The van der Waals surface area contributed by atoms with Crippen molar-refractivity contribution < 1.29 is 33.3 Å². The van der Waals surface area contributed by atoms with Crippen LogP contribution < -0.4 is 0 Å². The molecule has 0 rings (SSSR count). The Labute approximate surface area is 156 Å². The Bertz CT molecular complexity index is 429. The molecule has 0 heterocycles. The molecule has 0 saturated carbocycles. The van der Waals surface area contributed by atoms with Gasteiger partial charge in [-0.2, -0.15) is 0 Å². The first-order chi connectivity index (χ1) is 11.9. The zero-order valence-electron chi connectivity index (χ0n) is 17.2. The third kappa shape index (κ3) is 12.7. The molecular weight excluding hydrogens is 340 g/mol. The highest BCUT2D eigenvalue weighted by Gasteiger charge is 2.34. The third-order valence-electron chi connectivity index (χ3n) is 2.94. The average Bonchev–Trinajstić information content (AvgIpc) is 2.42. The number of esters is 3. The standard InChI is InChI=1S/C19H34O7/c1-8-24-15(20)13-23-12-10-9-11-14(16(21)25-18(2,3)4)17(22)26-19(5,6)7/h14H,8-13H2,1-7H3. The number of unbranched alkanes of at least 4 members (excludes halogenated alkanes) is 1. The Morgan fingerprint density at radius 3 is 1.77 bits per heavy atom. The van der Waals surface area contributed by atoms with E-state index in [0.29, 0.717) is 32.5 Å². The number of carbonyl (C=O) groups is 3. The predicted molar refractivity (Wildman–Crippen MR) is 96.5 cm³/mol. The molecule has 0 aliphatic rings. The molecule has 7 nitrogen and oxygen atoms in total. The summed E-state index contributed by atoms with van der Waals surface area (Å²) in [4.78, 5) is 35.9. The van der Waals surface area contributed by atoms with Gasteiger partial charge in [0.05, 0.1) is 6.61 Å². The van der Waals surface area contributed by atoms with Crippen molar-refractivity contribution in [2.45, 2.75) is 78.9 Å². The van der Waals surface area contributed by atoms with E-state index < -0.39 is 35.0 Å². The summed E-state index contributed by atoms with van der Waals surface area (Å²) in [6.45, 7) is 12.8. The fourth-order valence-corrected chi connectivity index (χ4v) is 1.99. The van der Waals surface area contributed by atoms with Crippen LogP contribution >= 0.6 is 0 Å². The first-order valence-corrected chi connectivity index (χ1v) is 9.05. The minimum absolute atomic E-state index is 0.102. The van der Waals surface area contributed by atoms with Crippen LogP contribution in [0.2, 0.25) is 0 Å². The van der Waals surface area contributed by atoms with Crippen molar-refractivity contribution in [3.8, 4) is 0 Å². The van der Waals surface area contributed by atoms with Crippen LogP contribution in [0.4, 0.5) is 0 Å². The zero-order valence-corrected chi connectivity index (χ0v) is 17.2. The van der Waals surface area contributed by atoms with Gasteiger partial charge in [-0.15, -0.1) is 0 Å². The second-order valence-corrected chi connectivity index (χ2v) is 7.97. The van der Waals surface area contributed by atoms with Crippen molar-refractivity contribution in [2.75, 3.05) is 19.8 Å². The summed E-state index contributed by atoms with van der Waals surface area (Å²) in [5.41, 5.74) is -1.36. The van der Waals surface area contributed by atoms with Crippen molar-refractivity contribution in [1.29, 1.82) is 0 Å². The maximum Gasteiger partial charge on any atom is 0.332 e. The first-order valence-electron chi connectivity index (χ1n) is 9.05. The highest BCUT2D eigenvalue weighted by molar-refractivity contribution is 5.95. The average molecular weight is 374 g/mol. The van der Waals surface area contributed by atoms with E-state index in [0.717, 1.165) is 0 Å². The van der Waals surface area contributed by atoms with Crippen LogP contribution in [0.15, 0.2) is 0 Å². The normalized spacial score (nSPS) is 12.0. The summed E-state index contributed by atoms with van der Waals surface area (Å²) in [7, 11) is 0. The summed E-state index contributed by atoms with van der Waals surface area (Å²) in [6.07, 6.45) is 1.46. The molecule has 0 saturated heterocycles. The molecule has 7 heteroatoms. The van der Waals surface area contributed by atoms with E-state index in [2.05, 4.69) is 0 Å². The Kier molecular flexibility index (Phi) is 10.5. The molecule has 26 heavy (non-hydrogen) atoms. The SMILES string of the molecule is CCOC(=O)COCCCCC(C(=O)OC(C)(C)C)C(=O)OC(C)(C)C. The summed E-state index contributed by atoms with van der Waals surface area (Å²) < 4.78 is 20.6. The molecule has 0 aromatic carbocycles. The van der Waals surface area contributed by atoms with E-state index in [1.54, 1.807) is 48.5 Å². The number of hydrogen-bond donors (Lipinski definition) is 0. The minimum Gasteiger partial charge on any atom is -0.464 e. The smallest absolute Gasteiger partial charge is 0.332 e. The van der Waals surface area contributed by atoms with Crippen LogP contribution in [0.3, 0.4) is 0 Å². The van der Waals surface area contributed by atoms with E-state index in [4.69, 9.17) is 18.9 Å².